The summed E-state index contributed by atoms with van der Waals surface area (Å²) in [5, 5.41) is 18.3. The number of hydrogen-bond acceptors (Lipinski definition) is 8. The van der Waals surface area contributed by atoms with E-state index in [0.717, 1.165) is 0 Å². The minimum Gasteiger partial charge on any atom is -0.375 e. The van der Waals surface area contributed by atoms with E-state index in [0.29, 0.717) is 53.1 Å². The Balaban J connectivity index is 1.45. The molecular formula is C23H22N8O2. The molecule has 2 N–H and O–H groups in total. The van der Waals surface area contributed by atoms with Crippen molar-refractivity contribution in [3.05, 3.63) is 66.6 Å². The summed E-state index contributed by atoms with van der Waals surface area (Å²) in [5.41, 5.74) is 1.41. The van der Waals surface area contributed by atoms with Crippen LogP contribution in [0.1, 0.15) is 12.0 Å². The number of likely N-dealkylation sites (tertiary alicyclic amines) is 1. The van der Waals surface area contributed by atoms with Gasteiger partial charge in [-0.3, -0.25) is 14.5 Å². The zero-order chi connectivity index (χ0) is 23.0. The van der Waals surface area contributed by atoms with Crippen molar-refractivity contribution >= 4 is 17.7 Å². The molecule has 1 aliphatic heterocycles. The first-order valence-corrected chi connectivity index (χ1v) is 10.4. The Kier molecular flexibility index (Phi) is 5.06. The number of carbonyl (C=O) groups excluding carboxylic acids is 1. The van der Waals surface area contributed by atoms with Crippen LogP contribution in [0, 0.1) is 0 Å². The van der Waals surface area contributed by atoms with Gasteiger partial charge in [-0.25, -0.2) is 15.0 Å². The van der Waals surface area contributed by atoms with E-state index in [9.17, 15) is 9.90 Å². The second kappa shape index (κ2) is 8.06. The molecule has 0 saturated carbocycles. The number of nitrogens with zero attached hydrogens (tertiary/aromatic N) is 7. The van der Waals surface area contributed by atoms with Gasteiger partial charge in [-0.05, 0) is 35.9 Å². The van der Waals surface area contributed by atoms with Crippen molar-refractivity contribution in [1.82, 2.24) is 34.6 Å². The molecule has 0 spiro atoms. The van der Waals surface area contributed by atoms with Crippen molar-refractivity contribution < 1.29 is 9.90 Å². The fourth-order valence-electron chi connectivity index (χ4n) is 3.83. The first kappa shape index (κ1) is 20.7. The van der Waals surface area contributed by atoms with Crippen LogP contribution in [0.15, 0.2) is 61.1 Å². The molecule has 4 aromatic heterocycles. The number of carbonyl (C=O) groups is 1. The van der Waals surface area contributed by atoms with Crippen LogP contribution in [0.25, 0.3) is 22.8 Å². The quantitative estimate of drug-likeness (QED) is 0.482. The number of aryl methyl sites for hydroxylation is 1. The van der Waals surface area contributed by atoms with E-state index in [1.54, 1.807) is 42.3 Å². The van der Waals surface area contributed by atoms with E-state index < -0.39 is 5.60 Å². The number of anilines is 2. The Morgan fingerprint density at radius 3 is 2.45 bits per heavy atom. The fraction of sp³-hybridized carbons (Fsp3) is 0.217. The van der Waals surface area contributed by atoms with Crippen LogP contribution >= 0.6 is 0 Å². The average Bonchev–Trinajstić information content (AvgIpc) is 3.37. The van der Waals surface area contributed by atoms with Crippen molar-refractivity contribution in [2.45, 2.75) is 12.0 Å². The molecule has 166 valence electrons. The number of likely N-dealkylation sites (N-methyl/N-ethyl adjacent to an activating group) is 1. The molecule has 0 aliphatic carbocycles. The summed E-state index contributed by atoms with van der Waals surface area (Å²) in [6.45, 7) is 0.503. The zero-order valence-electron chi connectivity index (χ0n) is 18.2. The van der Waals surface area contributed by atoms with Gasteiger partial charge in [0.2, 0.25) is 5.95 Å². The number of aliphatic hydroxyl groups is 1. The van der Waals surface area contributed by atoms with Crippen molar-refractivity contribution in [3.63, 3.8) is 0 Å². The van der Waals surface area contributed by atoms with E-state index in [1.807, 2.05) is 37.5 Å². The first-order chi connectivity index (χ1) is 15.9. The largest absolute Gasteiger partial charge is 0.375 e. The van der Waals surface area contributed by atoms with Crippen molar-refractivity contribution in [2.75, 3.05) is 18.9 Å². The van der Waals surface area contributed by atoms with Gasteiger partial charge < -0.3 is 15.3 Å². The molecule has 0 unspecified atom stereocenters. The predicted octanol–water partition coefficient (Wildman–Crippen LogP) is 2.13. The number of pyridine rings is 2. The molecule has 1 saturated heterocycles. The van der Waals surface area contributed by atoms with Crippen LogP contribution in [-0.2, 0) is 17.4 Å². The smallest absolute Gasteiger partial charge is 0.258 e. The number of hydrogen-bond donors (Lipinski definition) is 2. The molecule has 5 heterocycles. The molecule has 0 radical (unpaired) electrons. The normalized spacial score (nSPS) is 18.0. The van der Waals surface area contributed by atoms with Crippen LogP contribution < -0.4 is 5.32 Å². The lowest BCUT2D eigenvalue weighted by molar-refractivity contribution is -0.143. The van der Waals surface area contributed by atoms with Crippen molar-refractivity contribution in [3.8, 4) is 22.8 Å². The summed E-state index contributed by atoms with van der Waals surface area (Å²) < 4.78 is 1.69. The summed E-state index contributed by atoms with van der Waals surface area (Å²) in [6, 6.07) is 12.5. The van der Waals surface area contributed by atoms with E-state index >= 15 is 0 Å². The minimum absolute atomic E-state index is 0.310. The molecule has 0 bridgehead atoms. The van der Waals surface area contributed by atoms with Gasteiger partial charge in [0.25, 0.3) is 5.91 Å². The topological polar surface area (TPSA) is 122 Å². The van der Waals surface area contributed by atoms with Gasteiger partial charge in [-0.1, -0.05) is 6.07 Å². The molecule has 5 rings (SSSR count). The summed E-state index contributed by atoms with van der Waals surface area (Å²) in [4.78, 5) is 31.9. The highest BCUT2D eigenvalue weighted by atomic mass is 16.3. The lowest BCUT2D eigenvalue weighted by Gasteiger charge is -2.21. The number of aromatic nitrogens is 6. The Morgan fingerprint density at radius 2 is 1.73 bits per heavy atom. The number of nitrogens with one attached hydrogen (secondary N) is 1. The Labute approximate surface area is 190 Å². The molecule has 1 amide bonds. The Morgan fingerprint density at radius 1 is 0.970 bits per heavy atom. The predicted molar refractivity (Wildman–Crippen MR) is 121 cm³/mol. The molecule has 0 aromatic carbocycles. The zero-order valence-corrected chi connectivity index (χ0v) is 18.2. The van der Waals surface area contributed by atoms with Gasteiger partial charge in [0.1, 0.15) is 0 Å². The van der Waals surface area contributed by atoms with E-state index in [1.165, 1.54) is 4.90 Å². The van der Waals surface area contributed by atoms with Gasteiger partial charge >= 0.3 is 0 Å². The molecule has 10 nitrogen and oxygen atoms in total. The van der Waals surface area contributed by atoms with Gasteiger partial charge in [-0.2, -0.15) is 5.10 Å². The average molecular weight is 442 g/mol. The molecule has 4 aromatic rings. The van der Waals surface area contributed by atoms with Crippen LogP contribution in [0.5, 0.6) is 0 Å². The summed E-state index contributed by atoms with van der Waals surface area (Å²) in [5.74, 6) is 0.738. The van der Waals surface area contributed by atoms with Gasteiger partial charge in [0, 0.05) is 51.7 Å². The Hall–Kier alpha value is -4.18. The molecule has 1 aliphatic rings. The third kappa shape index (κ3) is 3.92. The van der Waals surface area contributed by atoms with Crippen LogP contribution in [0.4, 0.5) is 11.8 Å². The van der Waals surface area contributed by atoms with E-state index in [4.69, 9.17) is 4.98 Å². The van der Waals surface area contributed by atoms with Gasteiger partial charge in [0.15, 0.2) is 11.4 Å². The maximum absolute atomic E-state index is 12.5. The molecule has 1 fully saturated rings. The highest BCUT2D eigenvalue weighted by molar-refractivity contribution is 5.88. The summed E-state index contributed by atoms with van der Waals surface area (Å²) >= 11 is 0. The third-order valence-corrected chi connectivity index (χ3v) is 5.63. The maximum atomic E-state index is 12.5. The molecular weight excluding hydrogens is 420 g/mol. The van der Waals surface area contributed by atoms with E-state index in [-0.39, 0.29) is 5.91 Å². The molecule has 33 heavy (non-hydrogen) atoms. The van der Waals surface area contributed by atoms with Crippen molar-refractivity contribution in [2.24, 2.45) is 7.05 Å². The lowest BCUT2D eigenvalue weighted by Crippen LogP contribution is -2.36. The lowest BCUT2D eigenvalue weighted by atomic mass is 9.92. The van der Waals surface area contributed by atoms with E-state index in [2.05, 4.69) is 25.4 Å². The van der Waals surface area contributed by atoms with Crippen LogP contribution in [0.3, 0.4) is 0 Å². The number of amides is 1. The van der Waals surface area contributed by atoms with Crippen molar-refractivity contribution in [1.29, 1.82) is 0 Å². The standard InChI is InChI=1S/C23H22N8O2/c1-30-13-9-23(33,21(30)32)15-6-10-24-19(14-15)17-5-3-4-16(26-17)18-7-11-25-22(27-18)28-20-8-12-31(2)29-20/h3-8,10-12,14,33H,9,13H2,1-2H3,(H,25,27,28,29)/t23-/m1/s1. The van der Waals surface area contributed by atoms with Gasteiger partial charge in [-0.15, -0.1) is 0 Å². The number of rotatable bonds is 5. The van der Waals surface area contributed by atoms with Crippen LogP contribution in [0.2, 0.25) is 0 Å². The first-order valence-electron chi connectivity index (χ1n) is 10.4. The minimum atomic E-state index is -1.54. The second-order valence-corrected chi connectivity index (χ2v) is 7.94. The van der Waals surface area contributed by atoms with Gasteiger partial charge in [0.05, 0.1) is 22.8 Å². The highest BCUT2D eigenvalue weighted by Crippen LogP contribution is 2.34. The SMILES string of the molecule is CN1CC[C@@](O)(c2ccnc(-c3cccc(-c4ccnc(Nc5ccn(C)n5)n4)n3)c2)C1=O. The third-order valence-electron chi connectivity index (χ3n) is 5.63. The van der Waals surface area contributed by atoms with Crippen LogP contribution in [-0.4, -0.2) is 59.2 Å². The maximum Gasteiger partial charge on any atom is 0.258 e. The molecule has 1 atom stereocenters. The second-order valence-electron chi connectivity index (χ2n) is 7.94. The summed E-state index contributed by atoms with van der Waals surface area (Å²) in [6.07, 6.45) is 5.40. The molecule has 10 heteroatoms. The highest BCUT2D eigenvalue weighted by Gasteiger charge is 2.45. The Bertz CT molecular complexity index is 1340. The fourth-order valence-corrected chi connectivity index (χ4v) is 3.83. The monoisotopic (exact) mass is 442 g/mol. The summed E-state index contributed by atoms with van der Waals surface area (Å²) in [7, 11) is 3.52.